The van der Waals surface area contributed by atoms with E-state index in [1.165, 1.54) is 6.33 Å². The van der Waals surface area contributed by atoms with E-state index in [2.05, 4.69) is 20.6 Å². The second-order valence-electron chi connectivity index (χ2n) is 4.09. The lowest BCUT2D eigenvalue weighted by atomic mass is 10.3. The van der Waals surface area contributed by atoms with Crippen molar-refractivity contribution in [3.63, 3.8) is 0 Å². The van der Waals surface area contributed by atoms with E-state index in [0.717, 1.165) is 5.82 Å². The number of anilines is 2. The largest absolute Gasteiger partial charge is 0.373 e. The molecule has 0 fully saturated rings. The molecule has 1 rings (SSSR count). The fraction of sp³-hybridized carbons (Fsp3) is 0.545. The van der Waals surface area contributed by atoms with E-state index in [1.54, 1.807) is 18.0 Å². The van der Waals surface area contributed by atoms with E-state index in [9.17, 15) is 4.79 Å². The molecule has 0 radical (unpaired) electrons. The Labute approximate surface area is 101 Å². The molecule has 0 bridgehead atoms. The van der Waals surface area contributed by atoms with Crippen molar-refractivity contribution in [3.05, 3.63) is 12.4 Å². The lowest BCUT2D eigenvalue weighted by molar-refractivity contribution is -0.120. The van der Waals surface area contributed by atoms with Crippen LogP contribution in [0.2, 0.25) is 0 Å². The summed E-state index contributed by atoms with van der Waals surface area (Å²) < 4.78 is 0. The number of hydrogen-bond donors (Lipinski definition) is 2. The fourth-order valence-electron chi connectivity index (χ4n) is 1.36. The molecule has 1 aromatic rings. The van der Waals surface area contributed by atoms with Crippen LogP contribution in [0.4, 0.5) is 11.6 Å². The van der Waals surface area contributed by atoms with Crippen LogP contribution in [0.25, 0.3) is 0 Å². The molecule has 0 spiro atoms. The Balaban J connectivity index is 2.62. The molecule has 0 aliphatic heterocycles. The van der Waals surface area contributed by atoms with Crippen LogP contribution in [0.15, 0.2) is 12.4 Å². The molecule has 0 aliphatic rings. The van der Waals surface area contributed by atoms with E-state index < -0.39 is 0 Å². The van der Waals surface area contributed by atoms with E-state index in [0.29, 0.717) is 5.82 Å². The van der Waals surface area contributed by atoms with Crippen LogP contribution >= 0.6 is 0 Å². The molecule has 2 N–H and O–H groups in total. The van der Waals surface area contributed by atoms with Crippen molar-refractivity contribution in [3.8, 4) is 0 Å². The molecule has 1 heterocycles. The van der Waals surface area contributed by atoms with Gasteiger partial charge in [-0.25, -0.2) is 9.97 Å². The van der Waals surface area contributed by atoms with Crippen LogP contribution in [-0.4, -0.2) is 42.6 Å². The Hall–Kier alpha value is -1.85. The van der Waals surface area contributed by atoms with Crippen LogP contribution in [0, 0.1) is 0 Å². The maximum atomic E-state index is 11.6. The summed E-state index contributed by atoms with van der Waals surface area (Å²) >= 11 is 0. The standard InChI is InChI=1S/C11H19N5O/c1-8(2)15-11(17)6-16(4)10-5-9(12-3)13-7-14-10/h5,7-8H,6H2,1-4H3,(H,15,17)(H,12,13,14). The zero-order chi connectivity index (χ0) is 12.8. The minimum absolute atomic E-state index is 0.0212. The van der Waals surface area contributed by atoms with Crippen LogP contribution < -0.4 is 15.5 Å². The highest BCUT2D eigenvalue weighted by molar-refractivity contribution is 5.81. The van der Waals surface area contributed by atoms with Crippen LogP contribution in [0.3, 0.4) is 0 Å². The molecule has 0 saturated heterocycles. The number of aromatic nitrogens is 2. The van der Waals surface area contributed by atoms with Gasteiger partial charge in [0.15, 0.2) is 0 Å². The normalized spacial score (nSPS) is 10.2. The Kier molecular flexibility index (Phi) is 4.68. The monoisotopic (exact) mass is 237 g/mol. The van der Waals surface area contributed by atoms with Crippen molar-refractivity contribution in [1.82, 2.24) is 15.3 Å². The first-order valence-electron chi connectivity index (χ1n) is 5.53. The molecule has 6 heteroatoms. The number of carbonyl (C=O) groups is 1. The second kappa shape index (κ2) is 6.03. The van der Waals surface area contributed by atoms with Gasteiger partial charge in [0.2, 0.25) is 5.91 Å². The van der Waals surface area contributed by atoms with Gasteiger partial charge in [-0.2, -0.15) is 0 Å². The Morgan fingerprint density at radius 2 is 2.18 bits per heavy atom. The molecule has 94 valence electrons. The average Bonchev–Trinajstić information content (AvgIpc) is 2.27. The Morgan fingerprint density at radius 3 is 2.76 bits per heavy atom. The summed E-state index contributed by atoms with van der Waals surface area (Å²) in [6.07, 6.45) is 1.47. The molecule has 0 unspecified atom stereocenters. The van der Waals surface area contributed by atoms with Gasteiger partial charge in [0.25, 0.3) is 0 Å². The summed E-state index contributed by atoms with van der Waals surface area (Å²) in [5.74, 6) is 1.42. The smallest absolute Gasteiger partial charge is 0.239 e. The third-order valence-electron chi connectivity index (χ3n) is 2.13. The fourth-order valence-corrected chi connectivity index (χ4v) is 1.36. The minimum atomic E-state index is -0.0212. The SMILES string of the molecule is CNc1cc(N(C)CC(=O)NC(C)C)ncn1. The maximum absolute atomic E-state index is 11.6. The lowest BCUT2D eigenvalue weighted by Gasteiger charge is -2.18. The second-order valence-corrected chi connectivity index (χ2v) is 4.09. The van der Waals surface area contributed by atoms with Gasteiger partial charge in [-0.3, -0.25) is 4.79 Å². The average molecular weight is 237 g/mol. The van der Waals surface area contributed by atoms with E-state index in [-0.39, 0.29) is 18.5 Å². The number of likely N-dealkylation sites (N-methyl/N-ethyl adjacent to an activating group) is 1. The molecular weight excluding hydrogens is 218 g/mol. The first-order chi connectivity index (χ1) is 8.02. The van der Waals surface area contributed by atoms with Crippen LogP contribution in [0.1, 0.15) is 13.8 Å². The topological polar surface area (TPSA) is 70.2 Å². The number of amides is 1. The van der Waals surface area contributed by atoms with Gasteiger partial charge < -0.3 is 15.5 Å². The number of hydrogen-bond acceptors (Lipinski definition) is 5. The molecule has 1 aromatic heterocycles. The van der Waals surface area contributed by atoms with E-state index in [1.807, 2.05) is 20.9 Å². The zero-order valence-electron chi connectivity index (χ0n) is 10.7. The van der Waals surface area contributed by atoms with Gasteiger partial charge in [-0.1, -0.05) is 0 Å². The van der Waals surface area contributed by atoms with Crippen molar-refractivity contribution >= 4 is 17.5 Å². The van der Waals surface area contributed by atoms with Crippen molar-refractivity contribution in [2.45, 2.75) is 19.9 Å². The predicted molar refractivity (Wildman–Crippen MR) is 68.1 cm³/mol. The van der Waals surface area contributed by atoms with Crippen molar-refractivity contribution in [2.75, 3.05) is 30.9 Å². The van der Waals surface area contributed by atoms with Crippen molar-refractivity contribution in [1.29, 1.82) is 0 Å². The summed E-state index contributed by atoms with van der Waals surface area (Å²) in [6.45, 7) is 4.14. The summed E-state index contributed by atoms with van der Waals surface area (Å²) in [5.41, 5.74) is 0. The lowest BCUT2D eigenvalue weighted by Crippen LogP contribution is -2.38. The highest BCUT2D eigenvalue weighted by atomic mass is 16.2. The molecular formula is C11H19N5O. The van der Waals surface area contributed by atoms with Gasteiger partial charge in [0, 0.05) is 26.2 Å². The first-order valence-corrected chi connectivity index (χ1v) is 5.53. The number of nitrogens with zero attached hydrogens (tertiary/aromatic N) is 3. The number of nitrogens with one attached hydrogen (secondary N) is 2. The molecule has 17 heavy (non-hydrogen) atoms. The third kappa shape index (κ3) is 4.26. The third-order valence-corrected chi connectivity index (χ3v) is 2.13. The summed E-state index contributed by atoms with van der Waals surface area (Å²) in [4.78, 5) is 21.5. The molecule has 0 saturated carbocycles. The summed E-state index contributed by atoms with van der Waals surface area (Å²) in [5, 5.41) is 5.76. The maximum Gasteiger partial charge on any atom is 0.239 e. The zero-order valence-corrected chi connectivity index (χ0v) is 10.7. The van der Waals surface area contributed by atoms with Crippen LogP contribution in [-0.2, 0) is 4.79 Å². The van der Waals surface area contributed by atoms with Crippen molar-refractivity contribution < 1.29 is 4.79 Å². The predicted octanol–water partition coefficient (Wildman–Crippen LogP) is 0.479. The summed E-state index contributed by atoms with van der Waals surface area (Å²) in [7, 11) is 3.61. The molecule has 1 amide bonds. The molecule has 6 nitrogen and oxygen atoms in total. The molecule has 0 aliphatic carbocycles. The molecule has 0 atom stereocenters. The van der Waals surface area contributed by atoms with Crippen LogP contribution in [0.5, 0.6) is 0 Å². The highest BCUT2D eigenvalue weighted by Gasteiger charge is 2.09. The van der Waals surface area contributed by atoms with Gasteiger partial charge in [0.1, 0.15) is 18.0 Å². The summed E-state index contributed by atoms with van der Waals surface area (Å²) in [6, 6.07) is 1.94. The number of rotatable bonds is 5. The Morgan fingerprint density at radius 1 is 1.47 bits per heavy atom. The number of carbonyl (C=O) groups excluding carboxylic acids is 1. The van der Waals surface area contributed by atoms with Gasteiger partial charge >= 0.3 is 0 Å². The van der Waals surface area contributed by atoms with Gasteiger partial charge in [-0.05, 0) is 13.8 Å². The van der Waals surface area contributed by atoms with Crippen molar-refractivity contribution in [2.24, 2.45) is 0 Å². The van der Waals surface area contributed by atoms with E-state index >= 15 is 0 Å². The Bertz CT molecular complexity index is 380. The molecule has 0 aromatic carbocycles. The van der Waals surface area contributed by atoms with E-state index in [4.69, 9.17) is 0 Å². The first kappa shape index (κ1) is 13.2. The minimum Gasteiger partial charge on any atom is -0.373 e. The van der Waals surface area contributed by atoms with Gasteiger partial charge in [0.05, 0.1) is 6.54 Å². The quantitative estimate of drug-likeness (QED) is 0.779. The van der Waals surface area contributed by atoms with Gasteiger partial charge in [-0.15, -0.1) is 0 Å². The highest BCUT2D eigenvalue weighted by Crippen LogP contribution is 2.11.